The van der Waals surface area contributed by atoms with E-state index in [-0.39, 0.29) is 5.97 Å². The second kappa shape index (κ2) is 5.36. The third kappa shape index (κ3) is 3.20. The van der Waals surface area contributed by atoms with Crippen LogP contribution in [-0.4, -0.2) is 13.1 Å². The molecule has 0 radical (unpaired) electrons. The van der Waals surface area contributed by atoms with Gasteiger partial charge in [0.15, 0.2) is 0 Å². The molecule has 0 aromatic rings. The van der Waals surface area contributed by atoms with Crippen molar-refractivity contribution in [1.29, 1.82) is 5.26 Å². The van der Waals surface area contributed by atoms with Gasteiger partial charge in [-0.25, -0.2) is 4.79 Å². The van der Waals surface area contributed by atoms with Gasteiger partial charge in [0.1, 0.15) is 0 Å². The van der Waals surface area contributed by atoms with Gasteiger partial charge in [0.2, 0.25) is 0 Å². The Hall–Kier alpha value is -1.30. The maximum Gasteiger partial charge on any atom is 0.333 e. The fourth-order valence-electron chi connectivity index (χ4n) is 0.758. The Labute approximate surface area is 72.6 Å². The van der Waals surface area contributed by atoms with E-state index in [1.54, 1.807) is 6.92 Å². The molecule has 0 aliphatic heterocycles. The molecule has 0 aliphatic carbocycles. The average Bonchev–Trinajstić information content (AvgIpc) is 2.11. The van der Waals surface area contributed by atoms with Gasteiger partial charge in [-0.05, 0) is 20.3 Å². The Morgan fingerprint density at radius 1 is 1.50 bits per heavy atom. The molecular weight excluding hydrogens is 154 g/mol. The van der Waals surface area contributed by atoms with Crippen LogP contribution in [0, 0.1) is 11.3 Å². The van der Waals surface area contributed by atoms with Gasteiger partial charge in [0.05, 0.1) is 13.2 Å². The van der Waals surface area contributed by atoms with Crippen LogP contribution in [0.1, 0.15) is 26.7 Å². The summed E-state index contributed by atoms with van der Waals surface area (Å²) in [6, 6.07) is 2.02. The number of hydrogen-bond donors (Lipinski definition) is 0. The summed E-state index contributed by atoms with van der Waals surface area (Å²) in [5.74, 6) is -0.314. The lowest BCUT2D eigenvalue weighted by atomic mass is 10.1. The van der Waals surface area contributed by atoms with E-state index in [0.29, 0.717) is 18.4 Å². The van der Waals surface area contributed by atoms with E-state index in [4.69, 9.17) is 5.26 Å². The van der Waals surface area contributed by atoms with E-state index in [2.05, 4.69) is 4.74 Å². The van der Waals surface area contributed by atoms with Crippen LogP contribution < -0.4 is 0 Å². The predicted octanol–water partition coefficient (Wildman–Crippen LogP) is 1.80. The van der Waals surface area contributed by atoms with E-state index in [0.717, 1.165) is 5.57 Å². The Balaban J connectivity index is 4.27. The first-order chi connectivity index (χ1) is 5.63. The molecule has 0 rings (SSSR count). The Kier molecular flexibility index (Phi) is 4.78. The smallest absolute Gasteiger partial charge is 0.333 e. The third-order valence-electron chi connectivity index (χ3n) is 1.74. The van der Waals surface area contributed by atoms with Gasteiger partial charge in [0.25, 0.3) is 0 Å². The monoisotopic (exact) mass is 167 g/mol. The Morgan fingerprint density at radius 2 is 2.08 bits per heavy atom. The molecule has 3 nitrogen and oxygen atoms in total. The molecule has 0 aromatic carbocycles. The molecule has 0 saturated carbocycles. The van der Waals surface area contributed by atoms with Gasteiger partial charge >= 0.3 is 5.97 Å². The number of nitrogens with zero attached hydrogens (tertiary/aromatic N) is 1. The average molecular weight is 167 g/mol. The number of carbonyl (C=O) groups excluding carboxylic acids is 1. The first kappa shape index (κ1) is 10.7. The molecule has 0 bridgehead atoms. The zero-order chi connectivity index (χ0) is 9.56. The van der Waals surface area contributed by atoms with Crippen LogP contribution in [0.25, 0.3) is 0 Å². The number of ether oxygens (including phenoxy) is 1. The minimum Gasteiger partial charge on any atom is -0.466 e. The molecule has 66 valence electrons. The zero-order valence-corrected chi connectivity index (χ0v) is 7.68. The molecule has 0 amide bonds. The Morgan fingerprint density at radius 3 is 2.50 bits per heavy atom. The fraction of sp³-hybridized carbons (Fsp3) is 0.556. The molecule has 0 unspecified atom stereocenters. The van der Waals surface area contributed by atoms with Crippen LogP contribution >= 0.6 is 0 Å². The molecule has 0 aliphatic rings. The summed E-state index contributed by atoms with van der Waals surface area (Å²) < 4.78 is 4.53. The highest BCUT2D eigenvalue weighted by Gasteiger charge is 2.06. The summed E-state index contributed by atoms with van der Waals surface area (Å²) in [6.07, 6.45) is 1.08. The normalized spacial score (nSPS) is 11.5. The van der Waals surface area contributed by atoms with Crippen molar-refractivity contribution in [3.63, 3.8) is 0 Å². The zero-order valence-electron chi connectivity index (χ0n) is 7.68. The largest absolute Gasteiger partial charge is 0.466 e. The summed E-state index contributed by atoms with van der Waals surface area (Å²) in [6.45, 7) is 3.54. The molecule has 0 aromatic heterocycles. The van der Waals surface area contributed by atoms with Crippen LogP contribution in [0.4, 0.5) is 0 Å². The van der Waals surface area contributed by atoms with Crippen molar-refractivity contribution >= 4 is 5.97 Å². The first-order valence-corrected chi connectivity index (χ1v) is 3.75. The highest BCUT2D eigenvalue weighted by molar-refractivity contribution is 5.88. The van der Waals surface area contributed by atoms with Crippen LogP contribution in [0.15, 0.2) is 11.1 Å². The molecule has 0 N–H and O–H groups in total. The van der Waals surface area contributed by atoms with Crippen LogP contribution in [-0.2, 0) is 9.53 Å². The molecule has 0 fully saturated rings. The van der Waals surface area contributed by atoms with Gasteiger partial charge in [0, 0.05) is 12.0 Å². The lowest BCUT2D eigenvalue weighted by Crippen LogP contribution is -2.03. The minimum atomic E-state index is -0.314. The van der Waals surface area contributed by atoms with E-state index in [1.165, 1.54) is 7.11 Å². The van der Waals surface area contributed by atoms with Gasteiger partial charge in [-0.3, -0.25) is 0 Å². The number of carbonyl (C=O) groups is 1. The standard InChI is InChI=1S/C9H13NO2/c1-7(5-4-6-10)8(2)9(11)12-3/h4-5H2,1-3H3. The quantitative estimate of drug-likeness (QED) is 0.475. The number of nitriles is 1. The predicted molar refractivity (Wildman–Crippen MR) is 45.2 cm³/mol. The third-order valence-corrected chi connectivity index (χ3v) is 1.74. The van der Waals surface area contributed by atoms with Gasteiger partial charge in [-0.15, -0.1) is 0 Å². The summed E-state index contributed by atoms with van der Waals surface area (Å²) in [5.41, 5.74) is 1.52. The maximum absolute atomic E-state index is 11.0. The number of rotatable bonds is 3. The second-order valence-electron chi connectivity index (χ2n) is 2.56. The van der Waals surface area contributed by atoms with E-state index >= 15 is 0 Å². The molecule has 0 spiro atoms. The highest BCUT2D eigenvalue weighted by atomic mass is 16.5. The van der Waals surface area contributed by atoms with Crippen molar-refractivity contribution < 1.29 is 9.53 Å². The van der Waals surface area contributed by atoms with Crippen molar-refractivity contribution in [2.45, 2.75) is 26.7 Å². The molecule has 0 atom stereocenters. The maximum atomic E-state index is 11.0. The van der Waals surface area contributed by atoms with E-state index < -0.39 is 0 Å². The van der Waals surface area contributed by atoms with Crippen LogP contribution in [0.5, 0.6) is 0 Å². The van der Waals surface area contributed by atoms with Crippen LogP contribution in [0.2, 0.25) is 0 Å². The van der Waals surface area contributed by atoms with Crippen LogP contribution in [0.3, 0.4) is 0 Å². The van der Waals surface area contributed by atoms with E-state index in [9.17, 15) is 4.79 Å². The van der Waals surface area contributed by atoms with Gasteiger partial charge in [-0.1, -0.05) is 5.57 Å². The number of hydrogen-bond acceptors (Lipinski definition) is 3. The molecule has 12 heavy (non-hydrogen) atoms. The molecular formula is C9H13NO2. The van der Waals surface area contributed by atoms with Crippen molar-refractivity contribution in [2.24, 2.45) is 0 Å². The van der Waals surface area contributed by atoms with Gasteiger partial charge in [-0.2, -0.15) is 5.26 Å². The lowest BCUT2D eigenvalue weighted by Gasteiger charge is -2.02. The van der Waals surface area contributed by atoms with E-state index in [1.807, 2.05) is 13.0 Å². The van der Waals surface area contributed by atoms with Crippen molar-refractivity contribution in [2.75, 3.05) is 7.11 Å². The van der Waals surface area contributed by atoms with Crippen molar-refractivity contribution in [3.8, 4) is 6.07 Å². The summed E-state index contributed by atoms with van der Waals surface area (Å²) in [7, 11) is 1.35. The minimum absolute atomic E-state index is 0.314. The molecule has 0 heterocycles. The highest BCUT2D eigenvalue weighted by Crippen LogP contribution is 2.10. The van der Waals surface area contributed by atoms with Gasteiger partial charge < -0.3 is 4.74 Å². The lowest BCUT2D eigenvalue weighted by molar-refractivity contribution is -0.136. The Bertz CT molecular complexity index is 235. The second-order valence-corrected chi connectivity index (χ2v) is 2.56. The molecule has 3 heteroatoms. The SMILES string of the molecule is COC(=O)C(C)=C(C)CCC#N. The summed E-state index contributed by atoms with van der Waals surface area (Å²) in [5, 5.41) is 8.30. The topological polar surface area (TPSA) is 50.1 Å². The molecule has 0 saturated heterocycles. The van der Waals surface area contributed by atoms with Crippen molar-refractivity contribution in [1.82, 2.24) is 0 Å². The fourth-order valence-corrected chi connectivity index (χ4v) is 0.758. The summed E-state index contributed by atoms with van der Waals surface area (Å²) in [4.78, 5) is 11.0. The van der Waals surface area contributed by atoms with Crippen molar-refractivity contribution in [3.05, 3.63) is 11.1 Å². The number of methoxy groups -OCH3 is 1. The number of esters is 1. The summed E-state index contributed by atoms with van der Waals surface area (Å²) >= 11 is 0. The number of allylic oxidation sites excluding steroid dienone is 1. The first-order valence-electron chi connectivity index (χ1n) is 3.75.